The molecular formula is C13H15ClN4O2. The van der Waals surface area contributed by atoms with E-state index in [-0.39, 0.29) is 0 Å². The van der Waals surface area contributed by atoms with E-state index in [2.05, 4.69) is 15.3 Å². The van der Waals surface area contributed by atoms with Gasteiger partial charge in [-0.1, -0.05) is 23.7 Å². The number of hydrogen-bond acceptors (Lipinski definition) is 5. The minimum atomic E-state index is -1.31. The van der Waals surface area contributed by atoms with Crippen molar-refractivity contribution in [2.45, 2.75) is 24.3 Å². The lowest BCUT2D eigenvalue weighted by Crippen LogP contribution is -2.54. The van der Waals surface area contributed by atoms with Gasteiger partial charge in [0.15, 0.2) is 6.04 Å². The van der Waals surface area contributed by atoms with E-state index < -0.39 is 17.4 Å². The van der Waals surface area contributed by atoms with Gasteiger partial charge in [-0.15, -0.1) is 0 Å². The van der Waals surface area contributed by atoms with E-state index in [4.69, 9.17) is 17.1 Å². The summed E-state index contributed by atoms with van der Waals surface area (Å²) in [5, 5.41) is 18.8. The smallest absolute Gasteiger partial charge is 0.214 e. The van der Waals surface area contributed by atoms with Gasteiger partial charge in [0.25, 0.3) is 0 Å². The van der Waals surface area contributed by atoms with Crippen LogP contribution in [-0.4, -0.2) is 25.1 Å². The highest BCUT2D eigenvalue weighted by atomic mass is 35.5. The number of nitrogens with one attached hydrogen (secondary N) is 2. The first kappa shape index (κ1) is 14.7. The minimum Gasteiger partial charge on any atom is -0.547 e. The molecule has 1 aromatic carbocycles. The maximum Gasteiger partial charge on any atom is 0.214 e. The van der Waals surface area contributed by atoms with Gasteiger partial charge in [0.1, 0.15) is 10.6 Å². The van der Waals surface area contributed by atoms with Crippen LogP contribution in [0.1, 0.15) is 18.4 Å². The molecule has 1 saturated heterocycles. The number of piperidine rings is 1. The van der Waals surface area contributed by atoms with Crippen LogP contribution in [-0.2, 0) is 10.2 Å². The molecule has 1 atom stereocenters. The number of nitrogens with zero attached hydrogens (tertiary/aromatic N) is 2. The lowest BCUT2D eigenvalue weighted by Gasteiger charge is -2.40. The van der Waals surface area contributed by atoms with Crippen LogP contribution in [0, 0.1) is 5.53 Å². The molecule has 0 radical (unpaired) electrons. The number of halogens is 1. The monoisotopic (exact) mass is 294 g/mol. The maximum absolute atomic E-state index is 11.4. The molecule has 20 heavy (non-hydrogen) atoms. The normalized spacial score (nSPS) is 18.9. The maximum atomic E-state index is 11.4. The molecule has 1 aromatic rings. The zero-order valence-corrected chi connectivity index (χ0v) is 11.6. The van der Waals surface area contributed by atoms with Gasteiger partial charge in [-0.2, -0.15) is 0 Å². The summed E-state index contributed by atoms with van der Waals surface area (Å²) >= 11 is 5.89. The van der Waals surface area contributed by atoms with E-state index in [1.54, 1.807) is 12.1 Å². The van der Waals surface area contributed by atoms with Crippen molar-refractivity contribution in [3.63, 3.8) is 0 Å². The molecule has 1 heterocycles. The van der Waals surface area contributed by atoms with Crippen molar-refractivity contribution >= 4 is 17.6 Å². The Morgan fingerprint density at radius 2 is 2.00 bits per heavy atom. The van der Waals surface area contributed by atoms with Crippen molar-refractivity contribution in [1.29, 1.82) is 5.53 Å². The molecule has 0 bridgehead atoms. The number of hydrogen-bond donors (Lipinski definition) is 2. The molecule has 2 N–H and O–H groups in total. The SMILES string of the molecule is N=[N+]=NC(C(=O)[O-])C1(c2ccc(Cl)cc2)CCNCC1. The standard InChI is InChI=1S/C13H15ClN4O2/c14-10-3-1-9(2-4-10)13(5-7-16-8-6-13)11(12(19)20)17-18-15/h1-4,11,15-16H,5-8H2. The van der Waals surface area contributed by atoms with Crippen molar-refractivity contribution in [3.8, 4) is 0 Å². The Balaban J connectivity index is 2.51. The van der Waals surface area contributed by atoms with Crippen LogP contribution in [0.3, 0.4) is 0 Å². The van der Waals surface area contributed by atoms with Gasteiger partial charge < -0.3 is 15.2 Å². The van der Waals surface area contributed by atoms with E-state index in [0.717, 1.165) is 5.56 Å². The topological polar surface area (TPSA) is 102 Å². The first-order chi connectivity index (χ1) is 9.60. The molecule has 1 aliphatic heterocycles. The fourth-order valence-electron chi connectivity index (χ4n) is 2.82. The van der Waals surface area contributed by atoms with Crippen molar-refractivity contribution in [2.24, 2.45) is 5.11 Å². The minimum absolute atomic E-state index is 0.588. The predicted octanol–water partition coefficient (Wildman–Crippen LogP) is 0.630. The van der Waals surface area contributed by atoms with Gasteiger partial charge in [0.2, 0.25) is 4.91 Å². The quantitative estimate of drug-likeness (QED) is 0.629. The Morgan fingerprint density at radius 3 is 2.50 bits per heavy atom. The van der Waals surface area contributed by atoms with Crippen LogP contribution in [0.15, 0.2) is 29.4 Å². The number of carbonyl (C=O) groups excluding carboxylic acids is 1. The van der Waals surface area contributed by atoms with Gasteiger partial charge in [0, 0.05) is 10.4 Å². The largest absolute Gasteiger partial charge is 0.547 e. The van der Waals surface area contributed by atoms with Crippen LogP contribution in [0.4, 0.5) is 0 Å². The van der Waals surface area contributed by atoms with E-state index in [1.807, 2.05) is 12.1 Å². The van der Waals surface area contributed by atoms with Crippen molar-refractivity contribution in [2.75, 3.05) is 13.1 Å². The summed E-state index contributed by atoms with van der Waals surface area (Å²) in [7, 11) is 0. The second kappa shape index (κ2) is 6.13. The summed E-state index contributed by atoms with van der Waals surface area (Å²) in [6, 6.07) is 5.91. The highest BCUT2D eigenvalue weighted by molar-refractivity contribution is 6.30. The summed E-state index contributed by atoms with van der Waals surface area (Å²) in [5.41, 5.74) is 6.99. The van der Waals surface area contributed by atoms with Crippen molar-refractivity contribution in [3.05, 3.63) is 34.9 Å². The molecule has 1 aliphatic rings. The fraction of sp³-hybridized carbons (Fsp3) is 0.462. The van der Waals surface area contributed by atoms with E-state index in [0.29, 0.717) is 31.0 Å². The van der Waals surface area contributed by atoms with Crippen LogP contribution in [0.25, 0.3) is 0 Å². The highest BCUT2D eigenvalue weighted by Gasteiger charge is 2.45. The van der Waals surface area contributed by atoms with E-state index >= 15 is 0 Å². The third kappa shape index (κ3) is 2.72. The van der Waals surface area contributed by atoms with Gasteiger partial charge in [-0.3, -0.25) is 0 Å². The van der Waals surface area contributed by atoms with Gasteiger partial charge >= 0.3 is 0 Å². The number of carboxylic acid groups (broad SMARTS) is 1. The number of aliphatic carboxylic acids is 1. The second-order valence-corrected chi connectivity index (χ2v) is 5.29. The lowest BCUT2D eigenvalue weighted by molar-refractivity contribution is -0.309. The molecule has 106 valence electrons. The Bertz CT molecular complexity index is 532. The molecule has 6 nitrogen and oxygen atoms in total. The summed E-state index contributed by atoms with van der Waals surface area (Å²) < 4.78 is 0. The molecule has 1 fully saturated rings. The lowest BCUT2D eigenvalue weighted by atomic mass is 9.68. The Hall–Kier alpha value is -1.75. The van der Waals surface area contributed by atoms with Gasteiger partial charge in [0.05, 0.1) is 5.97 Å². The second-order valence-electron chi connectivity index (χ2n) is 4.85. The fourth-order valence-corrected chi connectivity index (χ4v) is 2.94. The molecule has 7 heteroatoms. The first-order valence-corrected chi connectivity index (χ1v) is 6.72. The molecule has 2 rings (SSSR count). The summed E-state index contributed by atoms with van der Waals surface area (Å²) in [4.78, 5) is 14.4. The third-order valence-electron chi connectivity index (χ3n) is 3.83. The van der Waals surface area contributed by atoms with Crippen LogP contribution < -0.4 is 15.3 Å². The summed E-state index contributed by atoms with van der Waals surface area (Å²) in [6.45, 7) is 1.36. The van der Waals surface area contributed by atoms with Gasteiger partial charge in [-0.25, -0.2) is 0 Å². The highest BCUT2D eigenvalue weighted by Crippen LogP contribution is 2.38. The summed E-state index contributed by atoms with van der Waals surface area (Å²) in [5.74, 6) is -1.31. The number of carboxylic acids is 1. The Morgan fingerprint density at radius 1 is 1.40 bits per heavy atom. The zero-order chi connectivity index (χ0) is 14.6. The van der Waals surface area contributed by atoms with Crippen molar-refractivity contribution in [1.82, 2.24) is 10.2 Å². The molecular weight excluding hydrogens is 280 g/mol. The van der Waals surface area contributed by atoms with E-state index in [9.17, 15) is 9.90 Å². The Labute approximate surface area is 121 Å². The molecule has 0 aliphatic carbocycles. The van der Waals surface area contributed by atoms with Crippen LogP contribution in [0.2, 0.25) is 5.02 Å². The molecule has 0 saturated carbocycles. The molecule has 0 spiro atoms. The van der Waals surface area contributed by atoms with Crippen molar-refractivity contribution < 1.29 is 9.90 Å². The summed E-state index contributed by atoms with van der Waals surface area (Å²) in [6.07, 6.45) is 1.18. The number of benzene rings is 1. The Kier molecular flexibility index (Phi) is 4.49. The van der Waals surface area contributed by atoms with Crippen LogP contribution >= 0.6 is 11.6 Å². The van der Waals surface area contributed by atoms with Gasteiger partial charge in [-0.05, 0) is 43.6 Å². The first-order valence-electron chi connectivity index (χ1n) is 6.34. The van der Waals surface area contributed by atoms with E-state index in [1.165, 1.54) is 0 Å². The number of rotatable bonds is 4. The average Bonchev–Trinajstić information content (AvgIpc) is 2.46. The molecule has 0 amide bonds. The predicted molar refractivity (Wildman–Crippen MR) is 71.3 cm³/mol. The molecule has 0 aromatic heterocycles. The number of carbonyl (C=O) groups is 1. The van der Waals surface area contributed by atoms with Crippen LogP contribution in [0.5, 0.6) is 0 Å². The molecule has 1 unspecified atom stereocenters. The zero-order valence-electron chi connectivity index (χ0n) is 10.8. The third-order valence-corrected chi connectivity index (χ3v) is 4.09. The average molecular weight is 295 g/mol.